The molecular formula is C13H14N2O2S2. The van der Waals surface area contributed by atoms with Gasteiger partial charge in [-0.05, 0) is 30.9 Å². The molecule has 0 aromatic carbocycles. The first-order chi connectivity index (χ1) is 9.04. The summed E-state index contributed by atoms with van der Waals surface area (Å²) in [6.45, 7) is 3.82. The first-order valence-corrected chi connectivity index (χ1v) is 7.41. The molecule has 100 valence electrons. The highest BCUT2D eigenvalue weighted by Gasteiger charge is 2.20. The van der Waals surface area contributed by atoms with Crippen molar-refractivity contribution in [2.24, 2.45) is 0 Å². The third-order valence-corrected chi connectivity index (χ3v) is 4.80. The van der Waals surface area contributed by atoms with Crippen LogP contribution < -0.4 is 10.6 Å². The van der Waals surface area contributed by atoms with Crippen LogP contribution in [0.25, 0.3) is 0 Å². The van der Waals surface area contributed by atoms with Gasteiger partial charge in [0.15, 0.2) is 0 Å². The molecule has 0 saturated heterocycles. The number of anilines is 1. The van der Waals surface area contributed by atoms with Crippen molar-refractivity contribution >= 4 is 39.5 Å². The Morgan fingerprint density at radius 1 is 1.21 bits per heavy atom. The van der Waals surface area contributed by atoms with Gasteiger partial charge < -0.3 is 10.6 Å². The predicted molar refractivity (Wildman–Crippen MR) is 79.5 cm³/mol. The summed E-state index contributed by atoms with van der Waals surface area (Å²) in [7, 11) is 1.58. The molecule has 2 aromatic rings. The highest BCUT2D eigenvalue weighted by atomic mass is 32.1. The standard InChI is InChI=1S/C13H14N2O2S2/c1-7-8(2)19-13(10(7)12(17)14-3)15-11(16)9-5-4-6-18-9/h4-6H,1-3H3,(H,14,17)(H,15,16). The molecule has 0 aliphatic heterocycles. The van der Waals surface area contributed by atoms with Crippen LogP contribution in [0.2, 0.25) is 0 Å². The number of carbonyl (C=O) groups excluding carboxylic acids is 2. The normalized spacial score (nSPS) is 10.3. The molecule has 2 heterocycles. The Bertz CT molecular complexity index is 615. The maximum atomic E-state index is 12.0. The summed E-state index contributed by atoms with van der Waals surface area (Å²) in [5, 5.41) is 7.87. The lowest BCUT2D eigenvalue weighted by molar-refractivity contribution is 0.0963. The summed E-state index contributed by atoms with van der Waals surface area (Å²) in [6.07, 6.45) is 0. The zero-order valence-electron chi connectivity index (χ0n) is 10.9. The molecule has 2 N–H and O–H groups in total. The van der Waals surface area contributed by atoms with Gasteiger partial charge in [0, 0.05) is 11.9 Å². The summed E-state index contributed by atoms with van der Waals surface area (Å²) < 4.78 is 0. The van der Waals surface area contributed by atoms with E-state index in [1.54, 1.807) is 13.1 Å². The Balaban J connectivity index is 2.33. The third kappa shape index (κ3) is 2.69. The molecule has 0 spiro atoms. The molecule has 0 unspecified atom stereocenters. The van der Waals surface area contributed by atoms with E-state index in [1.807, 2.05) is 25.3 Å². The molecule has 0 radical (unpaired) electrons. The van der Waals surface area contributed by atoms with Gasteiger partial charge in [0.25, 0.3) is 11.8 Å². The Labute approximate surface area is 119 Å². The fraction of sp³-hybridized carbons (Fsp3) is 0.231. The van der Waals surface area contributed by atoms with E-state index in [2.05, 4.69) is 10.6 Å². The van der Waals surface area contributed by atoms with E-state index >= 15 is 0 Å². The maximum absolute atomic E-state index is 12.0. The minimum absolute atomic E-state index is 0.177. The van der Waals surface area contributed by atoms with Crippen molar-refractivity contribution in [3.05, 3.63) is 38.4 Å². The van der Waals surface area contributed by atoms with Gasteiger partial charge in [0.2, 0.25) is 0 Å². The van der Waals surface area contributed by atoms with Gasteiger partial charge in [-0.25, -0.2) is 0 Å². The van der Waals surface area contributed by atoms with Crippen LogP contribution >= 0.6 is 22.7 Å². The summed E-state index contributed by atoms with van der Waals surface area (Å²) in [4.78, 5) is 25.6. The number of aryl methyl sites for hydroxylation is 1. The fourth-order valence-corrected chi connectivity index (χ4v) is 3.36. The second kappa shape index (κ2) is 5.54. The van der Waals surface area contributed by atoms with Crippen LogP contribution in [0.15, 0.2) is 17.5 Å². The SMILES string of the molecule is CNC(=O)c1c(NC(=O)c2cccs2)sc(C)c1C. The van der Waals surface area contributed by atoms with E-state index in [9.17, 15) is 9.59 Å². The molecule has 2 aromatic heterocycles. The highest BCUT2D eigenvalue weighted by Crippen LogP contribution is 2.32. The van der Waals surface area contributed by atoms with Crippen LogP contribution in [0, 0.1) is 13.8 Å². The molecule has 0 saturated carbocycles. The lowest BCUT2D eigenvalue weighted by atomic mass is 10.1. The first kappa shape index (κ1) is 13.8. The minimum atomic E-state index is -0.179. The summed E-state index contributed by atoms with van der Waals surface area (Å²) >= 11 is 2.80. The number of rotatable bonds is 3. The van der Waals surface area contributed by atoms with Gasteiger partial charge in [-0.3, -0.25) is 9.59 Å². The van der Waals surface area contributed by atoms with Gasteiger partial charge in [0.05, 0.1) is 10.4 Å². The predicted octanol–water partition coefficient (Wildman–Crippen LogP) is 3.04. The number of thiophene rings is 2. The molecule has 0 aliphatic rings. The molecule has 0 atom stereocenters. The van der Waals surface area contributed by atoms with E-state index in [4.69, 9.17) is 0 Å². The fourth-order valence-electron chi connectivity index (χ4n) is 1.69. The van der Waals surface area contributed by atoms with Gasteiger partial charge in [-0.15, -0.1) is 22.7 Å². The zero-order chi connectivity index (χ0) is 14.0. The lowest BCUT2D eigenvalue weighted by Crippen LogP contribution is -2.20. The average Bonchev–Trinajstić information content (AvgIpc) is 2.99. The minimum Gasteiger partial charge on any atom is -0.355 e. The van der Waals surface area contributed by atoms with Crippen LogP contribution in [0.4, 0.5) is 5.00 Å². The van der Waals surface area contributed by atoms with Crippen molar-refractivity contribution in [3.8, 4) is 0 Å². The molecule has 0 bridgehead atoms. The van der Waals surface area contributed by atoms with Gasteiger partial charge in [0.1, 0.15) is 5.00 Å². The van der Waals surface area contributed by atoms with Crippen LogP contribution in [0.1, 0.15) is 30.5 Å². The number of amides is 2. The van der Waals surface area contributed by atoms with Crippen molar-refractivity contribution in [2.75, 3.05) is 12.4 Å². The van der Waals surface area contributed by atoms with Crippen LogP contribution in [-0.4, -0.2) is 18.9 Å². The molecule has 2 amide bonds. The largest absolute Gasteiger partial charge is 0.355 e. The van der Waals surface area contributed by atoms with E-state index in [1.165, 1.54) is 22.7 Å². The quantitative estimate of drug-likeness (QED) is 0.914. The smallest absolute Gasteiger partial charge is 0.266 e. The molecule has 4 nitrogen and oxygen atoms in total. The Hall–Kier alpha value is -1.66. The molecule has 6 heteroatoms. The van der Waals surface area contributed by atoms with Gasteiger partial charge >= 0.3 is 0 Å². The Morgan fingerprint density at radius 3 is 2.53 bits per heavy atom. The first-order valence-electron chi connectivity index (χ1n) is 5.71. The van der Waals surface area contributed by atoms with Crippen LogP contribution in [0.5, 0.6) is 0 Å². The summed E-state index contributed by atoms with van der Waals surface area (Å²) in [5.74, 6) is -0.357. The van der Waals surface area contributed by atoms with Crippen molar-refractivity contribution in [1.82, 2.24) is 5.32 Å². The topological polar surface area (TPSA) is 58.2 Å². The van der Waals surface area contributed by atoms with Gasteiger partial charge in [-0.1, -0.05) is 6.07 Å². The highest BCUT2D eigenvalue weighted by molar-refractivity contribution is 7.17. The van der Waals surface area contributed by atoms with Crippen molar-refractivity contribution in [3.63, 3.8) is 0 Å². The number of hydrogen-bond donors (Lipinski definition) is 2. The third-order valence-electron chi connectivity index (χ3n) is 2.81. The average molecular weight is 294 g/mol. The van der Waals surface area contributed by atoms with Crippen LogP contribution in [-0.2, 0) is 0 Å². The van der Waals surface area contributed by atoms with E-state index in [0.717, 1.165) is 10.4 Å². The lowest BCUT2D eigenvalue weighted by Gasteiger charge is -2.05. The molecule has 0 aliphatic carbocycles. The van der Waals surface area contributed by atoms with E-state index < -0.39 is 0 Å². The number of carbonyl (C=O) groups is 2. The van der Waals surface area contributed by atoms with E-state index in [0.29, 0.717) is 15.4 Å². The van der Waals surface area contributed by atoms with Crippen molar-refractivity contribution in [1.29, 1.82) is 0 Å². The van der Waals surface area contributed by atoms with Crippen molar-refractivity contribution < 1.29 is 9.59 Å². The molecular weight excluding hydrogens is 280 g/mol. The Kier molecular flexibility index (Phi) is 4.01. The number of hydrogen-bond acceptors (Lipinski definition) is 4. The summed E-state index contributed by atoms with van der Waals surface area (Å²) in [6, 6.07) is 3.58. The monoisotopic (exact) mass is 294 g/mol. The Morgan fingerprint density at radius 2 is 1.95 bits per heavy atom. The second-order valence-corrected chi connectivity index (χ2v) is 6.17. The molecule has 2 rings (SSSR count). The summed E-state index contributed by atoms with van der Waals surface area (Å²) in [5.41, 5.74) is 1.46. The second-order valence-electron chi connectivity index (χ2n) is 4.00. The van der Waals surface area contributed by atoms with Gasteiger partial charge in [-0.2, -0.15) is 0 Å². The molecule has 0 fully saturated rings. The zero-order valence-corrected chi connectivity index (χ0v) is 12.5. The van der Waals surface area contributed by atoms with E-state index in [-0.39, 0.29) is 11.8 Å². The molecule has 19 heavy (non-hydrogen) atoms. The van der Waals surface area contributed by atoms with Crippen LogP contribution in [0.3, 0.4) is 0 Å². The maximum Gasteiger partial charge on any atom is 0.266 e. The van der Waals surface area contributed by atoms with Crippen molar-refractivity contribution in [2.45, 2.75) is 13.8 Å². The number of nitrogens with one attached hydrogen (secondary N) is 2.